The maximum Gasteiger partial charge on any atom is 0.208 e. The molecule has 0 radical (unpaired) electrons. The SMILES string of the molecule is CCc1cnc(CNCc2ncnn2C)o1. The standard InChI is InChI=1S/C10H15N5O/c1-3-8-4-12-10(16-8)6-11-5-9-13-7-14-15(9)2/h4,7,11H,3,5-6H2,1-2H3. The van der Waals surface area contributed by atoms with Gasteiger partial charge >= 0.3 is 0 Å². The van der Waals surface area contributed by atoms with E-state index in [9.17, 15) is 0 Å². The molecule has 0 saturated heterocycles. The second-order valence-electron chi connectivity index (χ2n) is 3.48. The van der Waals surface area contributed by atoms with Crippen molar-refractivity contribution in [3.63, 3.8) is 0 Å². The van der Waals surface area contributed by atoms with Gasteiger partial charge < -0.3 is 9.73 Å². The highest BCUT2D eigenvalue weighted by Crippen LogP contribution is 2.03. The van der Waals surface area contributed by atoms with Crippen LogP contribution < -0.4 is 5.32 Å². The molecule has 0 fully saturated rings. The molecule has 16 heavy (non-hydrogen) atoms. The fourth-order valence-electron chi connectivity index (χ4n) is 1.35. The summed E-state index contributed by atoms with van der Waals surface area (Å²) in [6.45, 7) is 3.30. The zero-order valence-corrected chi connectivity index (χ0v) is 9.47. The monoisotopic (exact) mass is 221 g/mol. The third-order valence-corrected chi connectivity index (χ3v) is 2.31. The number of nitrogens with one attached hydrogen (secondary N) is 1. The maximum atomic E-state index is 5.47. The number of aromatic nitrogens is 4. The fourth-order valence-corrected chi connectivity index (χ4v) is 1.35. The summed E-state index contributed by atoms with van der Waals surface area (Å²) in [5.74, 6) is 2.51. The Morgan fingerprint density at radius 2 is 2.25 bits per heavy atom. The Morgan fingerprint density at radius 3 is 2.88 bits per heavy atom. The summed E-state index contributed by atoms with van der Waals surface area (Å²) >= 11 is 0. The molecular formula is C10H15N5O. The molecule has 0 aromatic carbocycles. The van der Waals surface area contributed by atoms with Crippen molar-refractivity contribution in [1.29, 1.82) is 0 Å². The highest BCUT2D eigenvalue weighted by Gasteiger charge is 2.03. The maximum absolute atomic E-state index is 5.47. The molecule has 0 unspecified atom stereocenters. The zero-order valence-electron chi connectivity index (χ0n) is 9.47. The molecule has 0 aliphatic carbocycles. The van der Waals surface area contributed by atoms with Crippen LogP contribution in [0.2, 0.25) is 0 Å². The normalized spacial score (nSPS) is 10.9. The molecule has 86 valence electrons. The molecule has 6 heteroatoms. The van der Waals surface area contributed by atoms with E-state index in [1.165, 1.54) is 6.33 Å². The number of hydrogen-bond acceptors (Lipinski definition) is 5. The highest BCUT2D eigenvalue weighted by atomic mass is 16.4. The molecule has 2 heterocycles. The van der Waals surface area contributed by atoms with E-state index >= 15 is 0 Å². The van der Waals surface area contributed by atoms with Gasteiger partial charge in [0.05, 0.1) is 19.3 Å². The van der Waals surface area contributed by atoms with Crippen molar-refractivity contribution in [1.82, 2.24) is 25.1 Å². The summed E-state index contributed by atoms with van der Waals surface area (Å²) in [4.78, 5) is 8.26. The van der Waals surface area contributed by atoms with Gasteiger partial charge in [0.25, 0.3) is 0 Å². The van der Waals surface area contributed by atoms with E-state index in [0.717, 1.165) is 18.0 Å². The molecule has 6 nitrogen and oxygen atoms in total. The molecule has 0 aliphatic heterocycles. The van der Waals surface area contributed by atoms with Crippen LogP contribution in [-0.2, 0) is 26.6 Å². The largest absolute Gasteiger partial charge is 0.444 e. The lowest BCUT2D eigenvalue weighted by Gasteiger charge is -2.00. The number of nitrogens with zero attached hydrogens (tertiary/aromatic N) is 4. The third-order valence-electron chi connectivity index (χ3n) is 2.31. The quantitative estimate of drug-likeness (QED) is 0.803. The van der Waals surface area contributed by atoms with Gasteiger partial charge in [0, 0.05) is 13.5 Å². The lowest BCUT2D eigenvalue weighted by Crippen LogP contribution is -2.16. The van der Waals surface area contributed by atoms with Crippen molar-refractivity contribution in [3.05, 3.63) is 30.0 Å². The van der Waals surface area contributed by atoms with Gasteiger partial charge in [-0.1, -0.05) is 6.92 Å². The highest BCUT2D eigenvalue weighted by molar-refractivity contribution is 4.93. The van der Waals surface area contributed by atoms with Gasteiger partial charge in [-0.05, 0) is 0 Å². The molecule has 2 aromatic heterocycles. The number of aryl methyl sites for hydroxylation is 2. The van der Waals surface area contributed by atoms with Crippen LogP contribution in [-0.4, -0.2) is 19.7 Å². The van der Waals surface area contributed by atoms with E-state index in [1.54, 1.807) is 10.9 Å². The Hall–Kier alpha value is -1.69. The van der Waals surface area contributed by atoms with E-state index in [-0.39, 0.29) is 0 Å². The van der Waals surface area contributed by atoms with Crippen LogP contribution in [0.25, 0.3) is 0 Å². The molecule has 0 spiro atoms. The number of rotatable bonds is 5. The van der Waals surface area contributed by atoms with Gasteiger partial charge in [-0.15, -0.1) is 0 Å². The van der Waals surface area contributed by atoms with Gasteiger partial charge in [-0.3, -0.25) is 4.68 Å². The first-order chi connectivity index (χ1) is 7.79. The minimum Gasteiger partial charge on any atom is -0.444 e. The summed E-state index contributed by atoms with van der Waals surface area (Å²) in [7, 11) is 1.87. The predicted octanol–water partition coefficient (Wildman–Crippen LogP) is 0.655. The Balaban J connectivity index is 1.82. The Labute approximate surface area is 93.7 Å². The van der Waals surface area contributed by atoms with E-state index in [0.29, 0.717) is 19.0 Å². The van der Waals surface area contributed by atoms with E-state index in [2.05, 4.69) is 20.4 Å². The molecule has 0 atom stereocenters. The third kappa shape index (κ3) is 2.46. The Morgan fingerprint density at radius 1 is 1.38 bits per heavy atom. The van der Waals surface area contributed by atoms with Crippen LogP contribution in [0.3, 0.4) is 0 Å². The van der Waals surface area contributed by atoms with Crippen LogP contribution >= 0.6 is 0 Å². The average Bonchev–Trinajstić information content (AvgIpc) is 2.89. The summed E-state index contributed by atoms with van der Waals surface area (Å²) < 4.78 is 7.20. The molecular weight excluding hydrogens is 206 g/mol. The van der Waals surface area contributed by atoms with Crippen molar-refractivity contribution in [2.24, 2.45) is 7.05 Å². The van der Waals surface area contributed by atoms with Gasteiger partial charge in [-0.2, -0.15) is 5.10 Å². The number of oxazole rings is 1. The molecule has 0 saturated carbocycles. The summed E-state index contributed by atoms with van der Waals surface area (Å²) in [6.07, 6.45) is 4.17. The van der Waals surface area contributed by atoms with E-state index < -0.39 is 0 Å². The lowest BCUT2D eigenvalue weighted by molar-refractivity contribution is 0.435. The summed E-state index contributed by atoms with van der Waals surface area (Å²) in [5, 5.41) is 7.19. The zero-order chi connectivity index (χ0) is 11.4. The predicted molar refractivity (Wildman–Crippen MR) is 57.4 cm³/mol. The molecule has 0 aliphatic rings. The van der Waals surface area contributed by atoms with Gasteiger partial charge in [0.1, 0.15) is 17.9 Å². The van der Waals surface area contributed by atoms with Gasteiger partial charge in [-0.25, -0.2) is 9.97 Å². The van der Waals surface area contributed by atoms with Crippen molar-refractivity contribution >= 4 is 0 Å². The van der Waals surface area contributed by atoms with Crippen LogP contribution in [0.15, 0.2) is 16.9 Å². The molecule has 0 amide bonds. The molecule has 1 N–H and O–H groups in total. The topological polar surface area (TPSA) is 68.8 Å². The van der Waals surface area contributed by atoms with Crippen LogP contribution in [0.5, 0.6) is 0 Å². The van der Waals surface area contributed by atoms with E-state index in [4.69, 9.17) is 4.42 Å². The first kappa shape index (κ1) is 10.8. The van der Waals surface area contributed by atoms with E-state index in [1.807, 2.05) is 14.0 Å². The van der Waals surface area contributed by atoms with Crippen molar-refractivity contribution in [2.45, 2.75) is 26.4 Å². The van der Waals surface area contributed by atoms with Gasteiger partial charge in [0.15, 0.2) is 0 Å². The van der Waals surface area contributed by atoms with Crippen molar-refractivity contribution in [2.75, 3.05) is 0 Å². The lowest BCUT2D eigenvalue weighted by atomic mass is 10.4. The van der Waals surface area contributed by atoms with Crippen LogP contribution in [0.1, 0.15) is 24.4 Å². The Bertz CT molecular complexity index is 448. The van der Waals surface area contributed by atoms with Crippen molar-refractivity contribution in [3.8, 4) is 0 Å². The van der Waals surface area contributed by atoms with Crippen LogP contribution in [0.4, 0.5) is 0 Å². The second kappa shape index (κ2) is 4.89. The Kier molecular flexibility index (Phi) is 3.31. The van der Waals surface area contributed by atoms with Gasteiger partial charge in [0.2, 0.25) is 5.89 Å². The first-order valence-electron chi connectivity index (χ1n) is 5.26. The van der Waals surface area contributed by atoms with Crippen molar-refractivity contribution < 1.29 is 4.42 Å². The average molecular weight is 221 g/mol. The molecule has 2 aromatic rings. The second-order valence-corrected chi connectivity index (χ2v) is 3.48. The smallest absolute Gasteiger partial charge is 0.208 e. The minimum atomic E-state index is 0.604. The minimum absolute atomic E-state index is 0.604. The summed E-state index contributed by atoms with van der Waals surface area (Å²) in [6, 6.07) is 0. The fraction of sp³-hybridized carbons (Fsp3) is 0.500. The summed E-state index contributed by atoms with van der Waals surface area (Å²) in [5.41, 5.74) is 0. The molecule has 2 rings (SSSR count). The van der Waals surface area contributed by atoms with Crippen LogP contribution in [0, 0.1) is 0 Å². The first-order valence-corrected chi connectivity index (χ1v) is 5.26. The molecule has 0 bridgehead atoms. The number of hydrogen-bond donors (Lipinski definition) is 1.